The minimum Gasteiger partial charge on any atom is -0.481 e. The molecule has 0 aliphatic carbocycles. The molecule has 1 N–H and O–H groups in total. The van der Waals surface area contributed by atoms with Crippen LogP contribution in [0.3, 0.4) is 0 Å². The van der Waals surface area contributed by atoms with Crippen molar-refractivity contribution in [2.75, 3.05) is 0 Å². The van der Waals surface area contributed by atoms with Crippen molar-refractivity contribution >= 4 is 5.97 Å². The van der Waals surface area contributed by atoms with E-state index in [0.29, 0.717) is 19.4 Å². The van der Waals surface area contributed by atoms with Crippen LogP contribution in [0.15, 0.2) is 43.0 Å². The second-order valence-electron chi connectivity index (χ2n) is 3.88. The van der Waals surface area contributed by atoms with Crippen LogP contribution in [0, 0.1) is 0 Å². The molecule has 0 bridgehead atoms. The van der Waals surface area contributed by atoms with Gasteiger partial charge < -0.3 is 9.84 Å². The zero-order valence-corrected chi connectivity index (χ0v) is 9.84. The van der Waals surface area contributed by atoms with Gasteiger partial charge in [-0.1, -0.05) is 36.4 Å². The first kappa shape index (κ1) is 13.5. The molecule has 1 aromatic rings. The lowest BCUT2D eigenvalue weighted by atomic mass is 10.1. The van der Waals surface area contributed by atoms with Crippen LogP contribution in [0.5, 0.6) is 0 Å². The fraction of sp³-hybridized carbons (Fsp3) is 0.357. The number of rotatable bonds is 8. The maximum absolute atomic E-state index is 10.5. The smallest absolute Gasteiger partial charge is 0.303 e. The van der Waals surface area contributed by atoms with Crippen molar-refractivity contribution in [1.29, 1.82) is 0 Å². The standard InChI is InChI=1S/C14H18O3/c1-2-6-13(9-10-14(15)16)17-11-12-7-4-3-5-8-12/h2-5,7-8,13H,1,6,9-11H2,(H,15,16)/t13-/m1/s1. The number of hydrogen-bond donors (Lipinski definition) is 1. The summed E-state index contributed by atoms with van der Waals surface area (Å²) >= 11 is 0. The zero-order chi connectivity index (χ0) is 12.5. The van der Waals surface area contributed by atoms with E-state index < -0.39 is 5.97 Å². The molecule has 1 rings (SSSR count). The van der Waals surface area contributed by atoms with Gasteiger partial charge in [0.25, 0.3) is 0 Å². The van der Waals surface area contributed by atoms with Crippen molar-refractivity contribution in [2.45, 2.75) is 32.0 Å². The molecule has 0 unspecified atom stereocenters. The first-order valence-electron chi connectivity index (χ1n) is 5.70. The summed E-state index contributed by atoms with van der Waals surface area (Å²) in [7, 11) is 0. The Balaban J connectivity index is 2.38. The number of benzene rings is 1. The van der Waals surface area contributed by atoms with Crippen LogP contribution in [-0.2, 0) is 16.1 Å². The molecule has 0 amide bonds. The van der Waals surface area contributed by atoms with Crippen molar-refractivity contribution in [2.24, 2.45) is 0 Å². The maximum Gasteiger partial charge on any atom is 0.303 e. The summed E-state index contributed by atoms with van der Waals surface area (Å²) in [6.45, 7) is 4.17. The van der Waals surface area contributed by atoms with Gasteiger partial charge in [-0.2, -0.15) is 0 Å². The zero-order valence-electron chi connectivity index (χ0n) is 9.84. The van der Waals surface area contributed by atoms with E-state index in [1.165, 1.54) is 0 Å². The lowest BCUT2D eigenvalue weighted by Crippen LogP contribution is -2.14. The molecule has 0 aliphatic rings. The van der Waals surface area contributed by atoms with E-state index in [4.69, 9.17) is 9.84 Å². The largest absolute Gasteiger partial charge is 0.481 e. The Hall–Kier alpha value is -1.61. The summed E-state index contributed by atoms with van der Waals surface area (Å²) in [6.07, 6.45) is 3.03. The molecule has 0 fully saturated rings. The molecule has 17 heavy (non-hydrogen) atoms. The molecule has 3 nitrogen and oxygen atoms in total. The average Bonchev–Trinajstić information content (AvgIpc) is 2.34. The Morgan fingerprint density at radius 3 is 2.71 bits per heavy atom. The Morgan fingerprint density at radius 2 is 2.12 bits per heavy atom. The van der Waals surface area contributed by atoms with Gasteiger partial charge in [-0.3, -0.25) is 4.79 Å². The molecular formula is C14H18O3. The molecule has 3 heteroatoms. The topological polar surface area (TPSA) is 46.5 Å². The third kappa shape index (κ3) is 5.88. The lowest BCUT2D eigenvalue weighted by Gasteiger charge is -2.15. The van der Waals surface area contributed by atoms with Gasteiger partial charge >= 0.3 is 5.97 Å². The van der Waals surface area contributed by atoms with Gasteiger partial charge in [0.05, 0.1) is 12.7 Å². The molecule has 1 atom stereocenters. The molecule has 1 aromatic carbocycles. The molecule has 0 radical (unpaired) electrons. The number of aliphatic carboxylic acids is 1. The second kappa shape index (κ2) is 7.63. The normalized spacial score (nSPS) is 12.0. The highest BCUT2D eigenvalue weighted by Gasteiger charge is 2.09. The summed E-state index contributed by atoms with van der Waals surface area (Å²) in [6, 6.07) is 9.84. The van der Waals surface area contributed by atoms with E-state index in [-0.39, 0.29) is 12.5 Å². The fourth-order valence-electron chi connectivity index (χ4n) is 1.53. The third-order valence-electron chi connectivity index (χ3n) is 2.44. The van der Waals surface area contributed by atoms with Gasteiger partial charge in [0.1, 0.15) is 0 Å². The van der Waals surface area contributed by atoms with Gasteiger partial charge in [-0.25, -0.2) is 0 Å². The quantitative estimate of drug-likeness (QED) is 0.703. The number of hydrogen-bond acceptors (Lipinski definition) is 2. The molecule has 0 saturated heterocycles. The number of carbonyl (C=O) groups is 1. The van der Waals surface area contributed by atoms with Gasteiger partial charge in [-0.15, -0.1) is 6.58 Å². The van der Waals surface area contributed by atoms with E-state index in [2.05, 4.69) is 6.58 Å². The monoisotopic (exact) mass is 234 g/mol. The van der Waals surface area contributed by atoms with Crippen molar-refractivity contribution < 1.29 is 14.6 Å². The van der Waals surface area contributed by atoms with E-state index in [1.54, 1.807) is 6.08 Å². The fourth-order valence-corrected chi connectivity index (χ4v) is 1.53. The van der Waals surface area contributed by atoms with Gasteiger partial charge in [-0.05, 0) is 18.4 Å². The van der Waals surface area contributed by atoms with E-state index in [9.17, 15) is 4.79 Å². The average molecular weight is 234 g/mol. The Morgan fingerprint density at radius 1 is 1.41 bits per heavy atom. The van der Waals surface area contributed by atoms with E-state index in [0.717, 1.165) is 5.56 Å². The van der Waals surface area contributed by atoms with Crippen molar-refractivity contribution in [3.05, 3.63) is 48.6 Å². The Kier molecular flexibility index (Phi) is 6.04. The summed E-state index contributed by atoms with van der Waals surface area (Å²) in [5.41, 5.74) is 1.09. The van der Waals surface area contributed by atoms with Crippen molar-refractivity contribution in [3.8, 4) is 0 Å². The summed E-state index contributed by atoms with van der Waals surface area (Å²) in [5.74, 6) is -0.789. The highest BCUT2D eigenvalue weighted by molar-refractivity contribution is 5.66. The van der Waals surface area contributed by atoms with Crippen LogP contribution < -0.4 is 0 Å². The Bertz CT molecular complexity index is 346. The molecule has 0 aromatic heterocycles. The third-order valence-corrected chi connectivity index (χ3v) is 2.44. The van der Waals surface area contributed by atoms with Crippen LogP contribution in [-0.4, -0.2) is 17.2 Å². The van der Waals surface area contributed by atoms with Crippen LogP contribution in [0.1, 0.15) is 24.8 Å². The predicted molar refractivity (Wildman–Crippen MR) is 66.7 cm³/mol. The summed E-state index contributed by atoms with van der Waals surface area (Å²) in [4.78, 5) is 10.5. The van der Waals surface area contributed by atoms with Crippen LogP contribution in [0.2, 0.25) is 0 Å². The minimum absolute atomic E-state index is 0.0659. The molecule has 92 valence electrons. The maximum atomic E-state index is 10.5. The molecule has 0 spiro atoms. The molecule has 0 heterocycles. The van der Waals surface area contributed by atoms with Gasteiger partial charge in [0, 0.05) is 6.42 Å². The predicted octanol–water partition coefficient (Wildman–Crippen LogP) is 3.01. The van der Waals surface area contributed by atoms with Crippen molar-refractivity contribution in [1.82, 2.24) is 0 Å². The summed E-state index contributed by atoms with van der Waals surface area (Å²) < 4.78 is 5.68. The van der Waals surface area contributed by atoms with Crippen LogP contribution >= 0.6 is 0 Å². The number of carboxylic acids is 1. The number of carboxylic acid groups (broad SMARTS) is 1. The van der Waals surface area contributed by atoms with Crippen LogP contribution in [0.4, 0.5) is 0 Å². The van der Waals surface area contributed by atoms with E-state index >= 15 is 0 Å². The summed E-state index contributed by atoms with van der Waals surface area (Å²) in [5, 5.41) is 8.63. The molecular weight excluding hydrogens is 216 g/mol. The highest BCUT2D eigenvalue weighted by atomic mass is 16.5. The van der Waals surface area contributed by atoms with E-state index in [1.807, 2.05) is 30.3 Å². The molecule has 0 aliphatic heterocycles. The van der Waals surface area contributed by atoms with Gasteiger partial charge in [0.15, 0.2) is 0 Å². The first-order valence-corrected chi connectivity index (χ1v) is 5.70. The van der Waals surface area contributed by atoms with Crippen molar-refractivity contribution in [3.63, 3.8) is 0 Å². The van der Waals surface area contributed by atoms with Crippen LogP contribution in [0.25, 0.3) is 0 Å². The first-order chi connectivity index (χ1) is 8.22. The number of ether oxygens (including phenoxy) is 1. The lowest BCUT2D eigenvalue weighted by molar-refractivity contribution is -0.137. The minimum atomic E-state index is -0.789. The second-order valence-corrected chi connectivity index (χ2v) is 3.88. The van der Waals surface area contributed by atoms with Gasteiger partial charge in [0.2, 0.25) is 0 Å². The molecule has 0 saturated carbocycles. The Labute approximate surface area is 102 Å². The highest BCUT2D eigenvalue weighted by Crippen LogP contribution is 2.11. The SMILES string of the molecule is C=CC[C@H](CCC(=O)O)OCc1ccccc1.